The van der Waals surface area contributed by atoms with Crippen LogP contribution in [0.25, 0.3) is 0 Å². The Morgan fingerprint density at radius 3 is 2.75 bits per heavy atom. The molecule has 1 aromatic carbocycles. The first-order valence-electron chi connectivity index (χ1n) is 5.27. The first kappa shape index (κ1) is 11.1. The summed E-state index contributed by atoms with van der Waals surface area (Å²) in [5, 5.41) is 11.2. The van der Waals surface area contributed by atoms with E-state index in [2.05, 4.69) is 0 Å². The Morgan fingerprint density at radius 1 is 1.44 bits per heavy atom. The van der Waals surface area contributed by atoms with E-state index in [1.54, 1.807) is 32.0 Å². The van der Waals surface area contributed by atoms with E-state index in [1.807, 2.05) is 6.07 Å². The van der Waals surface area contributed by atoms with Crippen LogP contribution in [0.4, 0.5) is 5.69 Å². The average Bonchev–Trinajstić information content (AvgIpc) is 2.63. The van der Waals surface area contributed by atoms with Gasteiger partial charge in [-0.15, -0.1) is 0 Å². The Morgan fingerprint density at radius 2 is 2.19 bits per heavy atom. The summed E-state index contributed by atoms with van der Waals surface area (Å²) in [5.41, 5.74) is 0.508. The first-order chi connectivity index (χ1) is 7.48. The van der Waals surface area contributed by atoms with Crippen molar-refractivity contribution in [3.63, 3.8) is 0 Å². The molecule has 1 heterocycles. The summed E-state index contributed by atoms with van der Waals surface area (Å²) in [5.74, 6) is -0.0482. The van der Waals surface area contributed by atoms with Gasteiger partial charge in [0.15, 0.2) is 0 Å². The van der Waals surface area contributed by atoms with Crippen LogP contribution in [0, 0.1) is 0 Å². The van der Waals surface area contributed by atoms with Crippen molar-refractivity contribution in [2.24, 2.45) is 0 Å². The maximum absolute atomic E-state index is 11.5. The summed E-state index contributed by atoms with van der Waals surface area (Å²) in [7, 11) is 0. The molecule has 0 aromatic heterocycles. The molecule has 0 aliphatic carbocycles. The second kappa shape index (κ2) is 3.88. The number of carbonyl (C=O) groups is 1. The standard InChI is InChI=1S/C12H15NO3/c1-12(2,15)9-4-3-5-10(8-9)13-11(14)6-7-16-13/h3-5,8,15H,6-7H2,1-2H3. The number of anilines is 1. The molecule has 2 rings (SSSR count). The summed E-state index contributed by atoms with van der Waals surface area (Å²) in [6, 6.07) is 7.18. The lowest BCUT2D eigenvalue weighted by Crippen LogP contribution is -2.23. The highest BCUT2D eigenvalue weighted by Gasteiger charge is 2.25. The monoisotopic (exact) mass is 221 g/mol. The molecule has 0 unspecified atom stereocenters. The van der Waals surface area contributed by atoms with Gasteiger partial charge in [0, 0.05) is 0 Å². The number of rotatable bonds is 2. The first-order valence-corrected chi connectivity index (χ1v) is 5.27. The zero-order chi connectivity index (χ0) is 11.8. The van der Waals surface area contributed by atoms with E-state index >= 15 is 0 Å². The number of hydrogen-bond donors (Lipinski definition) is 1. The third-order valence-electron chi connectivity index (χ3n) is 2.55. The quantitative estimate of drug-likeness (QED) is 0.825. The highest BCUT2D eigenvalue weighted by Crippen LogP contribution is 2.26. The summed E-state index contributed by atoms with van der Waals surface area (Å²) in [6.07, 6.45) is 0.409. The van der Waals surface area contributed by atoms with Crippen molar-refractivity contribution in [2.75, 3.05) is 11.7 Å². The summed E-state index contributed by atoms with van der Waals surface area (Å²) in [4.78, 5) is 16.7. The Hall–Kier alpha value is -1.39. The second-order valence-electron chi connectivity index (χ2n) is 4.38. The van der Waals surface area contributed by atoms with Crippen LogP contribution < -0.4 is 5.06 Å². The predicted octanol–water partition coefficient (Wildman–Crippen LogP) is 1.58. The van der Waals surface area contributed by atoms with Gasteiger partial charge in [-0.25, -0.2) is 0 Å². The molecule has 1 saturated heterocycles. The topological polar surface area (TPSA) is 49.8 Å². The molecule has 4 heteroatoms. The fourth-order valence-corrected chi connectivity index (χ4v) is 1.63. The normalized spacial score (nSPS) is 16.9. The maximum atomic E-state index is 11.5. The molecular formula is C12H15NO3. The molecule has 0 spiro atoms. The van der Waals surface area contributed by atoms with E-state index in [4.69, 9.17) is 4.84 Å². The van der Waals surface area contributed by atoms with Crippen molar-refractivity contribution >= 4 is 11.6 Å². The van der Waals surface area contributed by atoms with Crippen LogP contribution in [0.5, 0.6) is 0 Å². The number of aliphatic hydroxyl groups is 1. The number of amides is 1. The molecule has 0 saturated carbocycles. The Balaban J connectivity index is 2.32. The molecule has 1 aliphatic heterocycles. The average molecular weight is 221 g/mol. The minimum atomic E-state index is -0.918. The lowest BCUT2D eigenvalue weighted by Gasteiger charge is -2.20. The van der Waals surface area contributed by atoms with Gasteiger partial charge in [0.1, 0.15) is 0 Å². The van der Waals surface area contributed by atoms with Gasteiger partial charge in [-0.05, 0) is 31.5 Å². The fraction of sp³-hybridized carbons (Fsp3) is 0.417. The SMILES string of the molecule is CC(C)(O)c1cccc(N2OCCC2=O)c1. The fourth-order valence-electron chi connectivity index (χ4n) is 1.63. The van der Waals surface area contributed by atoms with Gasteiger partial charge in [-0.3, -0.25) is 9.63 Å². The van der Waals surface area contributed by atoms with Crippen molar-refractivity contribution in [2.45, 2.75) is 25.9 Å². The molecule has 1 fully saturated rings. The lowest BCUT2D eigenvalue weighted by molar-refractivity contribution is -0.119. The summed E-state index contributed by atoms with van der Waals surface area (Å²) < 4.78 is 0. The molecule has 0 atom stereocenters. The van der Waals surface area contributed by atoms with Crippen LogP contribution in [-0.2, 0) is 15.2 Å². The van der Waals surface area contributed by atoms with Crippen molar-refractivity contribution in [3.8, 4) is 0 Å². The molecule has 0 bridgehead atoms. The van der Waals surface area contributed by atoms with Crippen molar-refractivity contribution in [3.05, 3.63) is 29.8 Å². The second-order valence-corrected chi connectivity index (χ2v) is 4.38. The zero-order valence-electron chi connectivity index (χ0n) is 9.43. The van der Waals surface area contributed by atoms with Gasteiger partial charge in [-0.2, -0.15) is 5.06 Å². The molecule has 4 nitrogen and oxygen atoms in total. The molecule has 86 valence electrons. The molecular weight excluding hydrogens is 206 g/mol. The third-order valence-corrected chi connectivity index (χ3v) is 2.55. The van der Waals surface area contributed by atoms with Crippen LogP contribution >= 0.6 is 0 Å². The van der Waals surface area contributed by atoms with Gasteiger partial charge in [-0.1, -0.05) is 12.1 Å². The van der Waals surface area contributed by atoms with Gasteiger partial charge in [0.25, 0.3) is 5.91 Å². The Labute approximate surface area is 94.4 Å². The molecule has 1 aliphatic rings. The summed E-state index contributed by atoms with van der Waals surface area (Å²) >= 11 is 0. The van der Waals surface area contributed by atoms with E-state index in [0.717, 1.165) is 5.56 Å². The maximum Gasteiger partial charge on any atom is 0.253 e. The van der Waals surface area contributed by atoms with E-state index < -0.39 is 5.60 Å². The van der Waals surface area contributed by atoms with Crippen LogP contribution in [0.15, 0.2) is 24.3 Å². The van der Waals surface area contributed by atoms with Crippen LogP contribution in [0.2, 0.25) is 0 Å². The molecule has 16 heavy (non-hydrogen) atoms. The third kappa shape index (κ3) is 2.08. The molecule has 0 radical (unpaired) electrons. The minimum absolute atomic E-state index is 0.0482. The largest absolute Gasteiger partial charge is 0.386 e. The van der Waals surface area contributed by atoms with Crippen molar-refractivity contribution in [1.82, 2.24) is 0 Å². The Bertz CT molecular complexity index is 409. The number of hydrogen-bond acceptors (Lipinski definition) is 3. The van der Waals surface area contributed by atoms with E-state index in [9.17, 15) is 9.90 Å². The molecule has 1 aromatic rings. The highest BCUT2D eigenvalue weighted by atomic mass is 16.7. The van der Waals surface area contributed by atoms with Gasteiger partial charge in [0.05, 0.1) is 24.3 Å². The smallest absolute Gasteiger partial charge is 0.253 e. The summed E-state index contributed by atoms with van der Waals surface area (Å²) in [6.45, 7) is 3.84. The number of nitrogens with zero attached hydrogens (tertiary/aromatic N) is 1. The Kier molecular flexibility index (Phi) is 2.69. The van der Waals surface area contributed by atoms with Crippen LogP contribution in [0.1, 0.15) is 25.8 Å². The van der Waals surface area contributed by atoms with Crippen LogP contribution in [-0.4, -0.2) is 17.6 Å². The highest BCUT2D eigenvalue weighted by molar-refractivity contribution is 5.92. The predicted molar refractivity (Wildman–Crippen MR) is 59.7 cm³/mol. The lowest BCUT2D eigenvalue weighted by atomic mass is 9.98. The van der Waals surface area contributed by atoms with Crippen molar-refractivity contribution in [1.29, 1.82) is 0 Å². The van der Waals surface area contributed by atoms with Gasteiger partial charge in [0.2, 0.25) is 0 Å². The van der Waals surface area contributed by atoms with Crippen LogP contribution in [0.3, 0.4) is 0 Å². The van der Waals surface area contributed by atoms with Crippen molar-refractivity contribution < 1.29 is 14.7 Å². The van der Waals surface area contributed by atoms with Gasteiger partial charge < -0.3 is 5.11 Å². The molecule has 1 N–H and O–H groups in total. The van der Waals surface area contributed by atoms with E-state index in [-0.39, 0.29) is 5.91 Å². The van der Waals surface area contributed by atoms with E-state index in [0.29, 0.717) is 18.7 Å². The van der Waals surface area contributed by atoms with E-state index in [1.165, 1.54) is 5.06 Å². The number of hydroxylamine groups is 1. The number of carbonyl (C=O) groups excluding carboxylic acids is 1. The number of benzene rings is 1. The minimum Gasteiger partial charge on any atom is -0.386 e. The zero-order valence-corrected chi connectivity index (χ0v) is 9.43. The van der Waals surface area contributed by atoms with Gasteiger partial charge >= 0.3 is 0 Å². The molecule has 1 amide bonds.